The number of hydrogen-bond donors (Lipinski definition) is 0. The fourth-order valence-corrected chi connectivity index (χ4v) is 2.28. The number of rotatable bonds is 9. The molecular formula is C16H34O. The molecule has 0 aromatic heterocycles. The number of unbranched alkanes of at least 4 members (excludes halogenated alkanes) is 5. The van der Waals surface area contributed by atoms with E-state index < -0.39 is 0 Å². The van der Waals surface area contributed by atoms with Crippen molar-refractivity contribution in [2.24, 2.45) is 10.8 Å². The van der Waals surface area contributed by atoms with Gasteiger partial charge >= 0.3 is 0 Å². The van der Waals surface area contributed by atoms with Crippen LogP contribution in [0.25, 0.3) is 0 Å². The first-order chi connectivity index (χ1) is 7.87. The molecule has 0 fully saturated rings. The summed E-state index contributed by atoms with van der Waals surface area (Å²) in [5.74, 6) is 0. The van der Waals surface area contributed by atoms with Crippen LogP contribution in [0, 0.1) is 10.8 Å². The first-order valence-corrected chi connectivity index (χ1v) is 7.36. The fraction of sp³-hybridized carbons (Fsp3) is 1.00. The molecule has 0 saturated carbocycles. The van der Waals surface area contributed by atoms with Crippen LogP contribution in [-0.2, 0) is 4.74 Å². The van der Waals surface area contributed by atoms with E-state index in [1.165, 1.54) is 44.9 Å². The van der Waals surface area contributed by atoms with E-state index in [0.717, 1.165) is 6.61 Å². The Morgan fingerprint density at radius 2 is 1.35 bits per heavy atom. The van der Waals surface area contributed by atoms with E-state index in [1.54, 1.807) is 0 Å². The van der Waals surface area contributed by atoms with Crippen LogP contribution >= 0.6 is 0 Å². The van der Waals surface area contributed by atoms with Gasteiger partial charge < -0.3 is 4.74 Å². The number of ether oxygens (including phenoxy) is 1. The molecule has 0 rings (SSSR count). The maximum atomic E-state index is 5.43. The Morgan fingerprint density at radius 1 is 0.824 bits per heavy atom. The van der Waals surface area contributed by atoms with E-state index in [1.807, 2.05) is 7.11 Å². The number of hydrogen-bond acceptors (Lipinski definition) is 1. The van der Waals surface area contributed by atoms with Gasteiger partial charge in [0, 0.05) is 7.11 Å². The lowest BCUT2D eigenvalue weighted by molar-refractivity contribution is -0.000459. The molecule has 0 aliphatic carbocycles. The average Bonchev–Trinajstić information content (AvgIpc) is 2.22. The zero-order valence-electron chi connectivity index (χ0n) is 13.1. The van der Waals surface area contributed by atoms with Crippen molar-refractivity contribution in [3.63, 3.8) is 0 Å². The Morgan fingerprint density at radius 3 is 1.82 bits per heavy atom. The van der Waals surface area contributed by atoms with Crippen molar-refractivity contribution in [3.8, 4) is 0 Å². The summed E-state index contributed by atoms with van der Waals surface area (Å²) < 4.78 is 5.43. The predicted molar refractivity (Wildman–Crippen MR) is 77.4 cm³/mol. The van der Waals surface area contributed by atoms with Crippen LogP contribution < -0.4 is 0 Å². The lowest BCUT2D eigenvalue weighted by atomic mass is 9.65. The zero-order chi connectivity index (χ0) is 13.4. The third kappa shape index (κ3) is 6.45. The average molecular weight is 242 g/mol. The molecule has 17 heavy (non-hydrogen) atoms. The van der Waals surface area contributed by atoms with E-state index in [-0.39, 0.29) is 0 Å². The van der Waals surface area contributed by atoms with Crippen molar-refractivity contribution in [3.05, 3.63) is 0 Å². The fourth-order valence-electron chi connectivity index (χ4n) is 2.28. The molecule has 1 atom stereocenters. The lowest BCUT2D eigenvalue weighted by Crippen LogP contribution is -2.37. The quantitative estimate of drug-likeness (QED) is 0.489. The molecule has 104 valence electrons. The van der Waals surface area contributed by atoms with Gasteiger partial charge in [-0.1, -0.05) is 73.1 Å². The standard InChI is InChI=1S/C16H34O/c1-7-8-9-10-11-12-13-16(5,14-17-6)15(2,3)4/h7-14H2,1-6H3. The van der Waals surface area contributed by atoms with Gasteiger partial charge in [-0.15, -0.1) is 0 Å². The molecule has 1 heteroatoms. The Labute approximate surface area is 109 Å². The lowest BCUT2D eigenvalue weighted by Gasteiger charge is -2.41. The summed E-state index contributed by atoms with van der Waals surface area (Å²) >= 11 is 0. The van der Waals surface area contributed by atoms with Gasteiger partial charge in [-0.2, -0.15) is 0 Å². The van der Waals surface area contributed by atoms with Crippen LogP contribution in [0.1, 0.15) is 79.6 Å². The van der Waals surface area contributed by atoms with Crippen LogP contribution in [-0.4, -0.2) is 13.7 Å². The van der Waals surface area contributed by atoms with Gasteiger partial charge in [0.1, 0.15) is 0 Å². The normalized spacial score (nSPS) is 15.9. The highest BCUT2D eigenvalue weighted by atomic mass is 16.5. The Balaban J connectivity index is 3.94. The largest absolute Gasteiger partial charge is 0.384 e. The molecule has 0 amide bonds. The maximum Gasteiger partial charge on any atom is 0.0521 e. The predicted octanol–water partition coefficient (Wildman–Crippen LogP) is 5.44. The second kappa shape index (κ2) is 8.13. The van der Waals surface area contributed by atoms with Crippen LogP contribution in [0.4, 0.5) is 0 Å². The van der Waals surface area contributed by atoms with E-state index in [4.69, 9.17) is 4.74 Å². The maximum absolute atomic E-state index is 5.43. The Bertz CT molecular complexity index is 180. The molecule has 0 aliphatic rings. The molecule has 1 unspecified atom stereocenters. The Kier molecular flexibility index (Phi) is 8.11. The van der Waals surface area contributed by atoms with Gasteiger partial charge in [0.25, 0.3) is 0 Å². The minimum atomic E-state index is 0.312. The van der Waals surface area contributed by atoms with Gasteiger partial charge in [0.15, 0.2) is 0 Å². The molecule has 0 aromatic rings. The van der Waals surface area contributed by atoms with Crippen molar-refractivity contribution in [2.75, 3.05) is 13.7 Å². The third-order valence-corrected chi connectivity index (χ3v) is 4.36. The minimum absolute atomic E-state index is 0.312. The third-order valence-electron chi connectivity index (χ3n) is 4.36. The second-order valence-corrected chi connectivity index (χ2v) is 6.76. The van der Waals surface area contributed by atoms with Crippen molar-refractivity contribution in [1.29, 1.82) is 0 Å². The second-order valence-electron chi connectivity index (χ2n) is 6.76. The van der Waals surface area contributed by atoms with Gasteiger partial charge in [0.05, 0.1) is 6.61 Å². The summed E-state index contributed by atoms with van der Waals surface area (Å²) in [5, 5.41) is 0. The summed E-state index contributed by atoms with van der Waals surface area (Å²) in [7, 11) is 1.82. The molecule has 0 N–H and O–H groups in total. The molecule has 0 aromatic carbocycles. The van der Waals surface area contributed by atoms with Crippen LogP contribution in [0.2, 0.25) is 0 Å². The van der Waals surface area contributed by atoms with Crippen LogP contribution in [0.5, 0.6) is 0 Å². The number of methoxy groups -OCH3 is 1. The molecule has 0 heterocycles. The SMILES string of the molecule is CCCCCCCCC(C)(COC)C(C)(C)C. The molecule has 0 aliphatic heterocycles. The Hall–Kier alpha value is -0.0400. The van der Waals surface area contributed by atoms with Crippen molar-refractivity contribution >= 4 is 0 Å². The highest BCUT2D eigenvalue weighted by Gasteiger charge is 2.36. The summed E-state index contributed by atoms with van der Waals surface area (Å²) in [6.07, 6.45) is 9.57. The molecule has 0 radical (unpaired) electrons. The van der Waals surface area contributed by atoms with Crippen molar-refractivity contribution in [1.82, 2.24) is 0 Å². The monoisotopic (exact) mass is 242 g/mol. The molecule has 0 spiro atoms. The van der Waals surface area contributed by atoms with Crippen LogP contribution in [0.3, 0.4) is 0 Å². The van der Waals surface area contributed by atoms with E-state index in [9.17, 15) is 0 Å². The van der Waals surface area contributed by atoms with Gasteiger partial charge in [-0.05, 0) is 17.3 Å². The summed E-state index contributed by atoms with van der Waals surface area (Å²) in [5.41, 5.74) is 0.638. The topological polar surface area (TPSA) is 9.23 Å². The van der Waals surface area contributed by atoms with Gasteiger partial charge in [-0.25, -0.2) is 0 Å². The van der Waals surface area contributed by atoms with E-state index in [0.29, 0.717) is 10.8 Å². The molecular weight excluding hydrogens is 208 g/mol. The summed E-state index contributed by atoms with van der Waals surface area (Å²) in [4.78, 5) is 0. The minimum Gasteiger partial charge on any atom is -0.384 e. The zero-order valence-corrected chi connectivity index (χ0v) is 13.1. The van der Waals surface area contributed by atoms with Gasteiger partial charge in [-0.3, -0.25) is 0 Å². The molecule has 0 bridgehead atoms. The van der Waals surface area contributed by atoms with Crippen molar-refractivity contribution < 1.29 is 4.74 Å². The summed E-state index contributed by atoms with van der Waals surface area (Å²) in [6, 6.07) is 0. The van der Waals surface area contributed by atoms with Gasteiger partial charge in [0.2, 0.25) is 0 Å². The smallest absolute Gasteiger partial charge is 0.0521 e. The summed E-state index contributed by atoms with van der Waals surface area (Å²) in [6.45, 7) is 12.5. The van der Waals surface area contributed by atoms with E-state index >= 15 is 0 Å². The first-order valence-electron chi connectivity index (χ1n) is 7.36. The van der Waals surface area contributed by atoms with Crippen LogP contribution in [0.15, 0.2) is 0 Å². The first kappa shape index (κ1) is 17.0. The molecule has 0 saturated heterocycles. The molecule has 1 nitrogen and oxygen atoms in total. The van der Waals surface area contributed by atoms with E-state index in [2.05, 4.69) is 34.6 Å². The highest BCUT2D eigenvalue weighted by Crippen LogP contribution is 2.42. The van der Waals surface area contributed by atoms with Crippen molar-refractivity contribution in [2.45, 2.75) is 79.6 Å². The highest BCUT2D eigenvalue weighted by molar-refractivity contribution is 4.86.